The number of nitrogens with one attached hydrogen (secondary N) is 15. The third-order valence-corrected chi connectivity index (χ3v) is 20.7. The second-order valence-corrected chi connectivity index (χ2v) is 33.1. The molecule has 0 spiro atoms. The van der Waals surface area contributed by atoms with Crippen LogP contribution < -0.4 is 85.9 Å². The number of aliphatic hydroxyl groups is 2. The number of likely N-dealkylation sites (tertiary alicyclic amines) is 2. The molecule has 3 aromatic rings. The number of para-hydroxylation sites is 1. The Morgan fingerprint density at radius 3 is 1.61 bits per heavy atom. The Bertz CT molecular complexity index is 4260. The number of β-amino-alcohol motifs (C(OH)–C–C–N with tert-alkyl or cyclic N) is 1. The normalized spacial score (nSPS) is 17.3. The van der Waals surface area contributed by atoms with Gasteiger partial charge in [-0.3, -0.25) is 86.3 Å². The van der Waals surface area contributed by atoms with Gasteiger partial charge in [0.1, 0.15) is 75.0 Å². The molecular formula is C79H119N19O20. The number of fused-ring (bicyclic) bond motifs is 1. The molecule has 0 unspecified atom stereocenters. The maximum atomic E-state index is 14.6. The lowest BCUT2D eigenvalue weighted by Crippen LogP contribution is -2.65. The number of hydrogen-bond donors (Lipinski definition) is 19. The Kier molecular flexibility index (Phi) is 33.7. The molecule has 5 rings (SSSR count). The van der Waals surface area contributed by atoms with E-state index in [9.17, 15) is 96.5 Å². The minimum absolute atomic E-state index is 0.0379. The lowest BCUT2D eigenvalue weighted by atomic mass is 9.94. The van der Waals surface area contributed by atoms with E-state index in [0.717, 1.165) is 21.4 Å². The maximum Gasteiger partial charge on any atom is 0.248 e. The van der Waals surface area contributed by atoms with E-state index in [-0.39, 0.29) is 51.8 Å². The van der Waals surface area contributed by atoms with Crippen molar-refractivity contribution >= 4 is 117 Å². The van der Waals surface area contributed by atoms with Gasteiger partial charge in [-0.1, -0.05) is 62.4 Å². The fourth-order valence-corrected chi connectivity index (χ4v) is 13.1. The quantitative estimate of drug-likeness (QED) is 0.0258. The molecule has 2 aliphatic rings. The molecular weight excluding hydrogens is 1530 g/mol. The SMILES string of the molecule is CC[C@](C)(NC(=O)[C@H](CCC(N)=O)NC(=O)C(C)(C)NC(=O)[C@H](Cc1c[nH]c2ccccc12)NC(C)=O)C(=O)NCC(=O)NC(C)(C)C(=O)N[C@@H](C)C(=O)NC(C)(C)C(=O)NC(C)(C)C(=O)NCC(=O)N[C@@H](CCC(N)=O)C(=O)N[C@@](C)(CC)C(=O)N1C[C@@H](O)C[C@@H]1C(=O)NC(C)(C)C(=O)N1CCC[C@H]1C(=O)N[C@H](CO)Cc1ccccc1. The number of H-pyrrole nitrogens is 1. The average molecular weight is 1650 g/mol. The van der Waals surface area contributed by atoms with Crippen molar-refractivity contribution in [1.82, 2.24) is 89.2 Å². The van der Waals surface area contributed by atoms with Crippen LogP contribution in [0.4, 0.5) is 0 Å². The number of nitrogens with two attached hydrogens (primary N) is 2. The predicted molar refractivity (Wildman–Crippen MR) is 429 cm³/mol. The van der Waals surface area contributed by atoms with Gasteiger partial charge in [-0.05, 0) is 152 Å². The monoisotopic (exact) mass is 1650 g/mol. The molecule has 0 aliphatic carbocycles. The molecule has 0 radical (unpaired) electrons. The first-order valence-electron chi connectivity index (χ1n) is 39.1. The summed E-state index contributed by atoms with van der Waals surface area (Å²) in [6.45, 7) is 19.3. The average Bonchev–Trinajstić information content (AvgIpc) is 1.59. The third-order valence-electron chi connectivity index (χ3n) is 20.7. The molecule has 2 aromatic carbocycles. The van der Waals surface area contributed by atoms with E-state index in [1.54, 1.807) is 13.1 Å². The number of carbonyl (C=O) groups excluding carboxylic acids is 18. The second kappa shape index (κ2) is 41.0. The van der Waals surface area contributed by atoms with Crippen LogP contribution in [0.1, 0.15) is 180 Å². The largest absolute Gasteiger partial charge is 0.394 e. The first kappa shape index (κ1) is 96.9. The van der Waals surface area contributed by atoms with E-state index < -0.39 is 226 Å². The molecule has 10 atom stereocenters. The molecule has 1 aromatic heterocycles. The van der Waals surface area contributed by atoms with Crippen LogP contribution in [0.3, 0.4) is 0 Å². The van der Waals surface area contributed by atoms with Crippen molar-refractivity contribution in [2.45, 2.75) is 269 Å². The van der Waals surface area contributed by atoms with Crippen molar-refractivity contribution < 1.29 is 96.5 Å². The molecule has 2 aliphatic heterocycles. The maximum absolute atomic E-state index is 14.6. The highest BCUT2D eigenvalue weighted by molar-refractivity contribution is 6.03. The molecule has 0 bridgehead atoms. The highest BCUT2D eigenvalue weighted by Gasteiger charge is 2.50. The zero-order valence-electron chi connectivity index (χ0n) is 70.0. The summed E-state index contributed by atoms with van der Waals surface area (Å²) in [5.41, 5.74) is 0.756. The summed E-state index contributed by atoms with van der Waals surface area (Å²) in [5, 5.41) is 57.3. The number of benzene rings is 2. The fraction of sp³-hybridized carbons (Fsp3) is 0.595. The van der Waals surface area contributed by atoms with Crippen molar-refractivity contribution in [1.29, 1.82) is 0 Å². The smallest absolute Gasteiger partial charge is 0.248 e. The van der Waals surface area contributed by atoms with E-state index in [2.05, 4.69) is 79.4 Å². The van der Waals surface area contributed by atoms with Crippen LogP contribution in [0.25, 0.3) is 10.9 Å². The summed E-state index contributed by atoms with van der Waals surface area (Å²) in [4.78, 5) is 250. The number of aliphatic hydroxyl groups excluding tert-OH is 2. The molecule has 118 heavy (non-hydrogen) atoms. The van der Waals surface area contributed by atoms with Crippen molar-refractivity contribution in [3.8, 4) is 0 Å². The number of aromatic nitrogens is 1. The molecule has 2 fully saturated rings. The Hall–Kier alpha value is -11.6. The van der Waals surface area contributed by atoms with Crippen LogP contribution in [-0.4, -0.2) is 251 Å². The van der Waals surface area contributed by atoms with E-state index >= 15 is 0 Å². The van der Waals surface area contributed by atoms with Crippen molar-refractivity contribution in [2.75, 3.05) is 32.8 Å². The summed E-state index contributed by atoms with van der Waals surface area (Å²) in [6.07, 6.45) is -0.475. The van der Waals surface area contributed by atoms with Gasteiger partial charge in [0.05, 0.1) is 31.8 Å². The van der Waals surface area contributed by atoms with Crippen molar-refractivity contribution in [3.63, 3.8) is 0 Å². The minimum atomic E-state index is -1.85. The molecule has 0 saturated carbocycles. The van der Waals surface area contributed by atoms with Gasteiger partial charge in [0.15, 0.2) is 0 Å². The minimum Gasteiger partial charge on any atom is -0.394 e. The van der Waals surface area contributed by atoms with Gasteiger partial charge in [-0.2, -0.15) is 0 Å². The molecule has 2 saturated heterocycles. The van der Waals surface area contributed by atoms with Crippen molar-refractivity contribution in [2.24, 2.45) is 11.5 Å². The highest BCUT2D eigenvalue weighted by atomic mass is 16.3. The van der Waals surface area contributed by atoms with Crippen LogP contribution in [0.5, 0.6) is 0 Å². The number of rotatable bonds is 42. The summed E-state index contributed by atoms with van der Waals surface area (Å²) < 4.78 is 0. The summed E-state index contributed by atoms with van der Waals surface area (Å²) in [7, 11) is 0. The van der Waals surface area contributed by atoms with Gasteiger partial charge in [0, 0.05) is 62.8 Å². The number of primary amides is 2. The number of carbonyl (C=O) groups is 18. The zero-order chi connectivity index (χ0) is 89.0. The third kappa shape index (κ3) is 27.0. The number of hydrogen-bond acceptors (Lipinski definition) is 20. The van der Waals surface area contributed by atoms with E-state index in [1.165, 1.54) is 109 Å². The van der Waals surface area contributed by atoms with Gasteiger partial charge in [0.2, 0.25) is 106 Å². The first-order valence-corrected chi connectivity index (χ1v) is 39.1. The van der Waals surface area contributed by atoms with E-state index in [4.69, 9.17) is 11.5 Å². The Morgan fingerprint density at radius 2 is 1.03 bits per heavy atom. The summed E-state index contributed by atoms with van der Waals surface area (Å²) >= 11 is 0. The van der Waals surface area contributed by atoms with Crippen LogP contribution >= 0.6 is 0 Å². The highest BCUT2D eigenvalue weighted by Crippen LogP contribution is 2.28. The van der Waals surface area contributed by atoms with E-state index in [0.29, 0.717) is 24.8 Å². The lowest BCUT2D eigenvalue weighted by molar-refractivity contribution is -0.148. The number of nitrogens with zero attached hydrogens (tertiary/aromatic N) is 2. The fourth-order valence-electron chi connectivity index (χ4n) is 13.1. The Morgan fingerprint density at radius 1 is 0.508 bits per heavy atom. The molecule has 3 heterocycles. The molecule has 650 valence electrons. The van der Waals surface area contributed by atoms with Crippen LogP contribution in [-0.2, 0) is 99.1 Å². The number of amides is 18. The molecule has 18 amide bonds. The Balaban J connectivity index is 1.11. The van der Waals surface area contributed by atoms with Crippen molar-refractivity contribution in [3.05, 3.63) is 71.9 Å². The van der Waals surface area contributed by atoms with E-state index in [1.807, 2.05) is 54.6 Å². The van der Waals surface area contributed by atoms with Crippen LogP contribution in [0.2, 0.25) is 0 Å². The molecule has 39 heteroatoms. The molecule has 21 N–H and O–H groups in total. The van der Waals surface area contributed by atoms with Crippen LogP contribution in [0, 0.1) is 0 Å². The van der Waals surface area contributed by atoms with Gasteiger partial charge in [-0.25, -0.2) is 0 Å². The standard InChI is InChI=1S/C79H119N19O20/c1-17-78(15,94-62(108)52(31-33-57(81)103)89-68(114)75(9,10)92-63(109)53(86-44(4)100)36-46-38-82-50-28-23-22-27-49(46)50)70(116)84-40-59(105)90-74(7,8)67(113)85-43(3)60(106)91-76(11,12)69(115)96-73(5,6)66(112)83-39-58(104)88-51(30-32-56(80)102)61(107)95-79(16,18-2)72(118)98-41-48(101)37-55(98)65(111)93-77(13,14)71(117)97-34-24-29-54(97)64(110)87-47(42-99)35-45-25-20-19-21-26-45/h19-23,25-28,38,43,47-48,51-55,82,99,101H,17-18,24,29-37,39-42H2,1-16H3,(H2,80,102)(H2,81,103)(H,83,112)(H,84,116)(H,85,113)(H,86,100)(H,87,110)(H,88,104)(H,89,114)(H,90,105)(H,91,106)(H,92,109)(H,93,111)(H,94,108)(H,95,107)(H,96,115)/t43-,47-,48-,51-,52-,53-,54-,55+,78-,79-/m0/s1. The van der Waals surface area contributed by atoms with Gasteiger partial charge in [-0.15, -0.1) is 0 Å². The second-order valence-electron chi connectivity index (χ2n) is 33.1. The predicted octanol–water partition coefficient (Wildman–Crippen LogP) is -3.83. The lowest BCUT2D eigenvalue weighted by Gasteiger charge is -2.37. The topological polar surface area (TPSA) is 590 Å². The van der Waals surface area contributed by atoms with Crippen LogP contribution in [0.15, 0.2) is 60.8 Å². The zero-order valence-corrected chi connectivity index (χ0v) is 70.0. The Labute approximate surface area is 684 Å². The van der Waals surface area contributed by atoms with Gasteiger partial charge >= 0.3 is 0 Å². The number of aromatic amines is 1. The molecule has 39 nitrogen and oxygen atoms in total. The van der Waals surface area contributed by atoms with Gasteiger partial charge < -0.3 is 111 Å². The summed E-state index contributed by atoms with van der Waals surface area (Å²) in [5.74, 6) is -15.1. The van der Waals surface area contributed by atoms with Gasteiger partial charge in [0.25, 0.3) is 0 Å². The first-order chi connectivity index (χ1) is 54.7. The summed E-state index contributed by atoms with van der Waals surface area (Å²) in [6, 6.07) is 7.94.